The fourth-order valence-electron chi connectivity index (χ4n) is 3.44. The molecule has 1 saturated heterocycles. The Morgan fingerprint density at radius 1 is 1.45 bits per heavy atom. The van der Waals surface area contributed by atoms with Gasteiger partial charge in [0.25, 0.3) is 0 Å². The highest BCUT2D eigenvalue weighted by Gasteiger charge is 2.43. The highest BCUT2D eigenvalue weighted by Crippen LogP contribution is 2.33. The van der Waals surface area contributed by atoms with Gasteiger partial charge in [-0.15, -0.1) is 0 Å². The largest absolute Gasteiger partial charge is 0.381 e. The molecule has 0 aromatic rings. The first kappa shape index (κ1) is 13.4. The van der Waals surface area contributed by atoms with E-state index < -0.39 is 0 Å². The van der Waals surface area contributed by atoms with E-state index in [1.807, 2.05) is 12.1 Å². The molecule has 3 aliphatic rings. The van der Waals surface area contributed by atoms with Crippen molar-refractivity contribution in [1.82, 2.24) is 20.5 Å². The van der Waals surface area contributed by atoms with Crippen LogP contribution in [0.1, 0.15) is 19.3 Å². The number of hydrazone groups is 1. The number of rotatable bonds is 2. The summed E-state index contributed by atoms with van der Waals surface area (Å²) in [4.78, 5) is 2.20. The highest BCUT2D eigenvalue weighted by molar-refractivity contribution is 6.08. The summed E-state index contributed by atoms with van der Waals surface area (Å²) in [6, 6.07) is 0. The summed E-state index contributed by atoms with van der Waals surface area (Å²) in [7, 11) is 6.21. The van der Waals surface area contributed by atoms with Gasteiger partial charge in [0, 0.05) is 32.8 Å². The fraction of sp³-hybridized carbons (Fsp3) is 0.714. The van der Waals surface area contributed by atoms with Gasteiger partial charge >= 0.3 is 0 Å². The van der Waals surface area contributed by atoms with Gasteiger partial charge in [-0.1, -0.05) is 6.08 Å². The molecule has 110 valence electrons. The van der Waals surface area contributed by atoms with Crippen molar-refractivity contribution in [2.24, 2.45) is 16.9 Å². The summed E-state index contributed by atoms with van der Waals surface area (Å²) < 4.78 is 0. The van der Waals surface area contributed by atoms with Crippen molar-refractivity contribution in [1.29, 1.82) is 5.41 Å². The lowest BCUT2D eigenvalue weighted by Gasteiger charge is -2.34. The lowest BCUT2D eigenvalue weighted by atomic mass is 9.81. The van der Waals surface area contributed by atoms with Gasteiger partial charge in [-0.2, -0.15) is 5.10 Å². The second-order valence-electron chi connectivity index (χ2n) is 6.06. The van der Waals surface area contributed by atoms with Crippen molar-refractivity contribution in [3.8, 4) is 0 Å². The molecule has 0 saturated carbocycles. The normalized spacial score (nSPS) is 33.2. The number of hydrogen-bond donors (Lipinski definition) is 3. The van der Waals surface area contributed by atoms with Crippen LogP contribution in [-0.2, 0) is 0 Å². The van der Waals surface area contributed by atoms with E-state index in [-0.39, 0.29) is 12.1 Å². The molecule has 0 amide bonds. The van der Waals surface area contributed by atoms with Gasteiger partial charge in [0.1, 0.15) is 12.0 Å². The Morgan fingerprint density at radius 2 is 2.25 bits per heavy atom. The summed E-state index contributed by atoms with van der Waals surface area (Å²) >= 11 is 0. The van der Waals surface area contributed by atoms with Crippen LogP contribution in [0.5, 0.6) is 0 Å². The third kappa shape index (κ3) is 2.18. The molecule has 3 atom stereocenters. The Morgan fingerprint density at radius 3 is 3.00 bits per heavy atom. The molecule has 0 bridgehead atoms. The van der Waals surface area contributed by atoms with Gasteiger partial charge < -0.3 is 10.2 Å². The molecule has 0 radical (unpaired) electrons. The lowest BCUT2D eigenvalue weighted by Crippen LogP contribution is -2.59. The van der Waals surface area contributed by atoms with Gasteiger partial charge in [0.2, 0.25) is 0 Å². The second-order valence-corrected chi connectivity index (χ2v) is 6.06. The quantitative estimate of drug-likeness (QED) is 0.691. The van der Waals surface area contributed by atoms with Crippen molar-refractivity contribution >= 4 is 11.5 Å². The molecule has 1 fully saturated rings. The minimum absolute atomic E-state index is 0.0836. The molecule has 6 heteroatoms. The zero-order valence-corrected chi connectivity index (χ0v) is 12.5. The Bertz CT molecular complexity index is 466. The first-order valence-corrected chi connectivity index (χ1v) is 7.31. The molecule has 20 heavy (non-hydrogen) atoms. The third-order valence-corrected chi connectivity index (χ3v) is 4.55. The maximum absolute atomic E-state index is 8.21. The van der Waals surface area contributed by atoms with Crippen LogP contribution in [0.3, 0.4) is 0 Å². The average molecular weight is 276 g/mol. The molecule has 3 rings (SSSR count). The first-order chi connectivity index (χ1) is 9.58. The molecule has 0 aromatic carbocycles. The highest BCUT2D eigenvalue weighted by atomic mass is 15.5. The van der Waals surface area contributed by atoms with Crippen molar-refractivity contribution < 1.29 is 0 Å². The van der Waals surface area contributed by atoms with Crippen LogP contribution in [0.15, 0.2) is 16.9 Å². The minimum Gasteiger partial charge on any atom is -0.381 e. The summed E-state index contributed by atoms with van der Waals surface area (Å²) in [6.45, 7) is 0.653. The van der Waals surface area contributed by atoms with E-state index in [1.54, 1.807) is 0 Å². The van der Waals surface area contributed by atoms with E-state index in [0.29, 0.717) is 18.4 Å². The molecular formula is C14H24N6. The van der Waals surface area contributed by atoms with Crippen molar-refractivity contribution in [3.63, 3.8) is 0 Å². The van der Waals surface area contributed by atoms with Crippen LogP contribution in [0.4, 0.5) is 0 Å². The van der Waals surface area contributed by atoms with Crippen molar-refractivity contribution in [2.45, 2.75) is 25.4 Å². The zero-order chi connectivity index (χ0) is 14.3. The predicted octanol–water partition coefficient (Wildman–Crippen LogP) is 0.603. The van der Waals surface area contributed by atoms with E-state index in [9.17, 15) is 0 Å². The first-order valence-electron chi connectivity index (χ1n) is 7.31. The lowest BCUT2D eigenvalue weighted by molar-refractivity contribution is 0.210. The number of nitrogens with one attached hydrogen (secondary N) is 3. The zero-order valence-electron chi connectivity index (χ0n) is 12.5. The Kier molecular flexibility index (Phi) is 3.41. The monoisotopic (exact) mass is 276 g/mol. The minimum atomic E-state index is 0.0836. The van der Waals surface area contributed by atoms with Crippen LogP contribution in [-0.4, -0.2) is 55.4 Å². The molecule has 6 nitrogen and oxygen atoms in total. The van der Waals surface area contributed by atoms with Gasteiger partial charge in [-0.25, -0.2) is 0 Å². The Labute approximate surface area is 120 Å². The summed E-state index contributed by atoms with van der Waals surface area (Å²) in [6.07, 6.45) is 5.76. The molecule has 2 aliphatic heterocycles. The number of fused-ring (bicyclic) bond motifs is 1. The van der Waals surface area contributed by atoms with Gasteiger partial charge in [-0.05, 0) is 19.3 Å². The molecule has 0 spiro atoms. The molecule has 2 heterocycles. The summed E-state index contributed by atoms with van der Waals surface area (Å²) in [5.41, 5.74) is 2.56. The molecule has 3 unspecified atom stereocenters. The molecule has 1 aliphatic carbocycles. The second kappa shape index (κ2) is 5.09. The average Bonchev–Trinajstić information content (AvgIpc) is 2.78. The van der Waals surface area contributed by atoms with E-state index in [0.717, 1.165) is 19.3 Å². The van der Waals surface area contributed by atoms with E-state index in [1.165, 1.54) is 11.4 Å². The number of nitrogens with zero attached hydrogens (tertiary/aromatic N) is 3. The SMILES string of the molecule is CN(C)C1=CCCC(C2=NN(C)C3NCNC(=N)C23)C1. The van der Waals surface area contributed by atoms with E-state index in [4.69, 9.17) is 10.5 Å². The van der Waals surface area contributed by atoms with Gasteiger partial charge in [0.15, 0.2) is 0 Å². The Hall–Kier alpha value is -1.56. The molecular weight excluding hydrogens is 252 g/mol. The third-order valence-electron chi connectivity index (χ3n) is 4.55. The van der Waals surface area contributed by atoms with Gasteiger partial charge in [0.05, 0.1) is 18.3 Å². The molecule has 0 aromatic heterocycles. The number of amidine groups is 1. The summed E-state index contributed by atoms with van der Waals surface area (Å²) in [5, 5.41) is 21.5. The van der Waals surface area contributed by atoms with Crippen LogP contribution in [0.25, 0.3) is 0 Å². The topological polar surface area (TPSA) is 66.8 Å². The number of hydrogen-bond acceptors (Lipinski definition) is 5. The predicted molar refractivity (Wildman–Crippen MR) is 80.5 cm³/mol. The van der Waals surface area contributed by atoms with Crippen LogP contribution in [0.2, 0.25) is 0 Å². The van der Waals surface area contributed by atoms with Crippen molar-refractivity contribution in [2.75, 3.05) is 27.8 Å². The maximum Gasteiger partial charge on any atom is 0.113 e. The van der Waals surface area contributed by atoms with E-state index >= 15 is 0 Å². The van der Waals surface area contributed by atoms with Crippen LogP contribution in [0, 0.1) is 17.2 Å². The van der Waals surface area contributed by atoms with Gasteiger partial charge in [-0.3, -0.25) is 15.7 Å². The smallest absolute Gasteiger partial charge is 0.113 e. The van der Waals surface area contributed by atoms with Crippen LogP contribution < -0.4 is 10.6 Å². The number of allylic oxidation sites excluding steroid dienone is 2. The molecule has 3 N–H and O–H groups in total. The maximum atomic E-state index is 8.21. The van der Waals surface area contributed by atoms with E-state index in [2.05, 4.69) is 35.7 Å². The van der Waals surface area contributed by atoms with Crippen molar-refractivity contribution in [3.05, 3.63) is 11.8 Å². The van der Waals surface area contributed by atoms with Crippen LogP contribution >= 0.6 is 0 Å². The Balaban J connectivity index is 1.81. The standard InChI is InChI=1S/C14H24N6/c1-19(2)10-6-4-5-9(7-10)12-11-13(15)16-8-17-14(11)20(3)18-12/h6,9,11,14,17H,4-5,7-8H2,1-3H3,(H2,15,16). The fourth-order valence-corrected chi connectivity index (χ4v) is 3.44. The summed E-state index contributed by atoms with van der Waals surface area (Å²) in [5.74, 6) is 1.15.